The summed E-state index contributed by atoms with van der Waals surface area (Å²) in [6.45, 7) is 2.26. The smallest absolute Gasteiger partial charge is 0.263 e. The minimum Gasteiger partial charge on any atom is -0.352 e. The lowest BCUT2D eigenvalue weighted by Crippen LogP contribution is -2.33. The van der Waals surface area contributed by atoms with Gasteiger partial charge in [-0.05, 0) is 61.4 Å². The number of aryl methyl sites for hydroxylation is 1. The molecule has 0 unspecified atom stereocenters. The molecule has 1 saturated heterocycles. The Balaban J connectivity index is 1.36. The molecule has 1 N–H and O–H groups in total. The van der Waals surface area contributed by atoms with E-state index in [0.29, 0.717) is 11.6 Å². The van der Waals surface area contributed by atoms with Crippen LogP contribution in [-0.2, 0) is 24.2 Å². The van der Waals surface area contributed by atoms with Gasteiger partial charge in [0.05, 0.1) is 4.88 Å². The van der Waals surface area contributed by atoms with E-state index < -0.39 is 0 Å². The molecule has 2 aromatic rings. The Morgan fingerprint density at radius 1 is 1.19 bits per heavy atom. The van der Waals surface area contributed by atoms with Crippen LogP contribution in [0.15, 0.2) is 30.3 Å². The summed E-state index contributed by atoms with van der Waals surface area (Å²) in [5, 5.41) is 3.74. The molecule has 27 heavy (non-hydrogen) atoms. The molecule has 2 aliphatic rings. The van der Waals surface area contributed by atoms with E-state index in [2.05, 4.69) is 5.32 Å². The second-order valence-electron chi connectivity index (χ2n) is 7.34. The first-order valence-corrected chi connectivity index (χ1v) is 10.7. The maximum Gasteiger partial charge on any atom is 0.263 e. The number of carbonyl (C=O) groups is 2. The van der Waals surface area contributed by atoms with Crippen LogP contribution in [0.3, 0.4) is 0 Å². The van der Waals surface area contributed by atoms with E-state index in [9.17, 15) is 9.59 Å². The zero-order valence-electron chi connectivity index (χ0n) is 15.2. The number of thiophene rings is 1. The number of amides is 2. The predicted molar refractivity (Wildman–Crippen MR) is 108 cm³/mol. The highest BCUT2D eigenvalue weighted by Gasteiger charge is 2.29. The van der Waals surface area contributed by atoms with Crippen molar-refractivity contribution >= 4 is 34.8 Å². The molecule has 2 amide bonds. The Kier molecular flexibility index (Phi) is 5.50. The zero-order valence-corrected chi connectivity index (χ0v) is 16.7. The molecule has 6 heteroatoms. The van der Waals surface area contributed by atoms with Gasteiger partial charge < -0.3 is 10.2 Å². The van der Waals surface area contributed by atoms with Crippen molar-refractivity contribution in [3.05, 3.63) is 56.2 Å². The third-order valence-electron chi connectivity index (χ3n) is 5.44. The van der Waals surface area contributed by atoms with E-state index in [-0.39, 0.29) is 17.7 Å². The van der Waals surface area contributed by atoms with E-state index in [4.69, 9.17) is 11.6 Å². The van der Waals surface area contributed by atoms with Crippen molar-refractivity contribution in [3.8, 4) is 0 Å². The van der Waals surface area contributed by atoms with Gasteiger partial charge in [-0.15, -0.1) is 11.3 Å². The van der Waals surface area contributed by atoms with Crippen molar-refractivity contribution in [3.63, 3.8) is 0 Å². The summed E-state index contributed by atoms with van der Waals surface area (Å²) < 4.78 is 0. The van der Waals surface area contributed by atoms with Crippen LogP contribution in [0, 0.1) is 5.92 Å². The fourth-order valence-corrected chi connectivity index (χ4v) is 5.17. The Hall–Kier alpha value is -1.85. The molecule has 4 rings (SSSR count). The van der Waals surface area contributed by atoms with Gasteiger partial charge in [-0.25, -0.2) is 0 Å². The molecule has 0 bridgehead atoms. The van der Waals surface area contributed by atoms with Crippen molar-refractivity contribution in [2.45, 2.75) is 38.6 Å². The molecular weight excluding hydrogens is 380 g/mol. The first-order valence-electron chi connectivity index (χ1n) is 9.53. The molecule has 1 aromatic heterocycles. The Morgan fingerprint density at radius 2 is 1.93 bits per heavy atom. The predicted octanol–water partition coefficient (Wildman–Crippen LogP) is 4.06. The highest BCUT2D eigenvalue weighted by molar-refractivity contribution is 7.14. The quantitative estimate of drug-likeness (QED) is 0.838. The van der Waals surface area contributed by atoms with Crippen LogP contribution in [0.4, 0.5) is 0 Å². The third kappa shape index (κ3) is 4.19. The monoisotopic (exact) mass is 402 g/mol. The fraction of sp³-hybridized carbons (Fsp3) is 0.429. The number of hydrogen-bond acceptors (Lipinski definition) is 3. The summed E-state index contributed by atoms with van der Waals surface area (Å²) in [6, 6.07) is 9.55. The van der Waals surface area contributed by atoms with E-state index in [1.54, 1.807) is 11.3 Å². The zero-order chi connectivity index (χ0) is 18.8. The van der Waals surface area contributed by atoms with Crippen LogP contribution >= 0.6 is 22.9 Å². The lowest BCUT2D eigenvalue weighted by Gasteiger charge is -2.21. The average Bonchev–Trinajstić information content (AvgIpc) is 3.36. The van der Waals surface area contributed by atoms with E-state index in [1.165, 1.54) is 10.4 Å². The van der Waals surface area contributed by atoms with Crippen LogP contribution < -0.4 is 5.32 Å². The summed E-state index contributed by atoms with van der Waals surface area (Å²) in [7, 11) is 0. The first kappa shape index (κ1) is 18.5. The van der Waals surface area contributed by atoms with Crippen LogP contribution in [0.1, 0.15) is 44.9 Å². The average molecular weight is 403 g/mol. The molecule has 1 fully saturated rings. The maximum absolute atomic E-state index is 12.6. The van der Waals surface area contributed by atoms with E-state index in [0.717, 1.165) is 55.6 Å². The lowest BCUT2D eigenvalue weighted by atomic mass is 9.87. The fourth-order valence-electron chi connectivity index (χ4n) is 3.86. The minimum absolute atomic E-state index is 0.0193. The van der Waals surface area contributed by atoms with Crippen molar-refractivity contribution in [2.24, 2.45) is 5.92 Å². The Bertz CT molecular complexity index is 840. The largest absolute Gasteiger partial charge is 0.352 e. The number of nitrogens with zero attached hydrogens (tertiary/aromatic N) is 1. The molecule has 1 aromatic carbocycles. The SMILES string of the molecule is O=C(NCc1ccc(Cl)cc1)[C@@H]1CCc2sc(C(=O)N3CCCC3)cc2C1. The molecule has 142 valence electrons. The number of carbonyl (C=O) groups excluding carboxylic acids is 2. The highest BCUT2D eigenvalue weighted by atomic mass is 35.5. The van der Waals surface area contributed by atoms with Gasteiger partial charge in [0.25, 0.3) is 5.91 Å². The summed E-state index contributed by atoms with van der Waals surface area (Å²) in [4.78, 5) is 29.3. The number of likely N-dealkylation sites (tertiary alicyclic amines) is 1. The Labute approximate surface area is 168 Å². The van der Waals surface area contributed by atoms with Crippen molar-refractivity contribution in [1.29, 1.82) is 0 Å². The van der Waals surface area contributed by atoms with Gasteiger partial charge in [-0.1, -0.05) is 23.7 Å². The number of fused-ring (bicyclic) bond motifs is 1. The summed E-state index contributed by atoms with van der Waals surface area (Å²) in [5.74, 6) is 0.235. The number of rotatable bonds is 4. The standard InChI is InChI=1S/C21H23ClN2O2S/c22-17-6-3-14(4-7-17)13-23-20(25)15-5-8-18-16(11-15)12-19(27-18)21(26)24-9-1-2-10-24/h3-4,6-7,12,15H,1-2,5,8-11,13H2,(H,23,25)/t15-/m1/s1. The van der Waals surface area contributed by atoms with Gasteiger partial charge in [0.2, 0.25) is 5.91 Å². The van der Waals surface area contributed by atoms with Gasteiger partial charge in [0.1, 0.15) is 0 Å². The molecule has 0 saturated carbocycles. The Morgan fingerprint density at radius 3 is 2.67 bits per heavy atom. The third-order valence-corrected chi connectivity index (χ3v) is 6.91. The van der Waals surface area contributed by atoms with Crippen molar-refractivity contribution in [1.82, 2.24) is 10.2 Å². The topological polar surface area (TPSA) is 49.4 Å². The van der Waals surface area contributed by atoms with Crippen LogP contribution in [-0.4, -0.2) is 29.8 Å². The van der Waals surface area contributed by atoms with Crippen LogP contribution in [0.25, 0.3) is 0 Å². The van der Waals surface area contributed by atoms with Gasteiger partial charge in [-0.3, -0.25) is 9.59 Å². The molecule has 0 spiro atoms. The number of halogens is 1. The summed E-state index contributed by atoms with van der Waals surface area (Å²) >= 11 is 7.52. The normalized spacial score (nSPS) is 19.0. The van der Waals surface area contributed by atoms with Gasteiger partial charge in [0.15, 0.2) is 0 Å². The number of hydrogen-bond donors (Lipinski definition) is 1. The minimum atomic E-state index is -0.0193. The first-order chi connectivity index (χ1) is 13.1. The highest BCUT2D eigenvalue weighted by Crippen LogP contribution is 2.33. The second kappa shape index (κ2) is 8.03. The van der Waals surface area contributed by atoms with Gasteiger partial charge >= 0.3 is 0 Å². The summed E-state index contributed by atoms with van der Waals surface area (Å²) in [6.07, 6.45) is 4.66. The van der Waals surface area contributed by atoms with Crippen LogP contribution in [0.5, 0.6) is 0 Å². The van der Waals surface area contributed by atoms with Gasteiger partial charge in [-0.2, -0.15) is 0 Å². The van der Waals surface area contributed by atoms with Gasteiger partial charge in [0, 0.05) is 35.5 Å². The summed E-state index contributed by atoms with van der Waals surface area (Å²) in [5.41, 5.74) is 2.22. The number of nitrogens with one attached hydrogen (secondary N) is 1. The number of benzene rings is 1. The molecule has 1 aliphatic carbocycles. The van der Waals surface area contributed by atoms with Crippen LogP contribution in [0.2, 0.25) is 5.02 Å². The molecular formula is C21H23ClN2O2S. The van der Waals surface area contributed by atoms with E-state index >= 15 is 0 Å². The molecule has 2 heterocycles. The maximum atomic E-state index is 12.6. The lowest BCUT2D eigenvalue weighted by molar-refractivity contribution is -0.125. The van der Waals surface area contributed by atoms with E-state index in [1.807, 2.05) is 35.2 Å². The van der Waals surface area contributed by atoms with Crippen molar-refractivity contribution < 1.29 is 9.59 Å². The molecule has 1 atom stereocenters. The second-order valence-corrected chi connectivity index (χ2v) is 8.92. The molecule has 4 nitrogen and oxygen atoms in total. The molecule has 0 radical (unpaired) electrons. The molecule has 1 aliphatic heterocycles. The van der Waals surface area contributed by atoms with Crippen molar-refractivity contribution in [2.75, 3.05) is 13.1 Å².